The van der Waals surface area contributed by atoms with E-state index in [4.69, 9.17) is 0 Å². The second-order valence-electron chi connectivity index (χ2n) is 6.77. The smallest absolute Gasteiger partial charge is 0.243 e. The molecule has 0 aliphatic carbocycles. The minimum Gasteiger partial charge on any atom is -0.508 e. The quantitative estimate of drug-likeness (QED) is 0.604. The van der Waals surface area contributed by atoms with E-state index in [-0.39, 0.29) is 28.8 Å². The topological polar surface area (TPSA) is 73.7 Å². The van der Waals surface area contributed by atoms with Gasteiger partial charge in [-0.1, -0.05) is 12.1 Å². The molecular weight excluding hydrogens is 391 g/mol. The lowest BCUT2D eigenvalue weighted by atomic mass is 9.92. The monoisotopic (exact) mass is 410 g/mol. The number of aromatic hydroxyl groups is 1. The lowest BCUT2D eigenvalue weighted by molar-refractivity contribution is -0.123. The SMILES string of the molecule is O=C1[C@@H](SCC(O)c2ccncc2)[C@H](c2ccc(O)cc2)N1c1ccc(F)cc1. The highest BCUT2D eigenvalue weighted by molar-refractivity contribution is 8.00. The number of amides is 1. The predicted molar refractivity (Wildman–Crippen MR) is 110 cm³/mol. The van der Waals surface area contributed by atoms with Gasteiger partial charge in [-0.2, -0.15) is 0 Å². The molecule has 0 spiro atoms. The molecule has 0 radical (unpaired) electrons. The Labute approximate surface area is 171 Å². The number of phenols is 1. The number of carbonyl (C=O) groups is 1. The molecule has 29 heavy (non-hydrogen) atoms. The molecule has 4 rings (SSSR count). The lowest BCUT2D eigenvalue weighted by Gasteiger charge is -2.47. The number of halogens is 1. The van der Waals surface area contributed by atoms with Gasteiger partial charge in [0.25, 0.3) is 0 Å². The number of carbonyl (C=O) groups excluding carboxylic acids is 1. The Morgan fingerprint density at radius 1 is 1.03 bits per heavy atom. The maximum atomic E-state index is 13.3. The number of rotatable bonds is 6. The molecule has 1 unspecified atom stereocenters. The summed E-state index contributed by atoms with van der Waals surface area (Å²) >= 11 is 1.38. The van der Waals surface area contributed by atoms with E-state index in [0.29, 0.717) is 11.4 Å². The minimum atomic E-state index is -0.712. The number of thioether (sulfide) groups is 1. The molecule has 0 saturated carbocycles. The van der Waals surface area contributed by atoms with Crippen LogP contribution in [0.2, 0.25) is 0 Å². The molecule has 1 aliphatic heterocycles. The molecule has 2 heterocycles. The van der Waals surface area contributed by atoms with Crippen LogP contribution >= 0.6 is 11.8 Å². The Hall–Kier alpha value is -2.90. The Bertz CT molecular complexity index is 983. The van der Waals surface area contributed by atoms with Gasteiger partial charge in [0.15, 0.2) is 0 Å². The van der Waals surface area contributed by atoms with Crippen molar-refractivity contribution in [3.63, 3.8) is 0 Å². The van der Waals surface area contributed by atoms with E-state index in [2.05, 4.69) is 4.98 Å². The average Bonchev–Trinajstić information content (AvgIpc) is 2.74. The number of aromatic nitrogens is 1. The van der Waals surface area contributed by atoms with Gasteiger partial charge in [-0.3, -0.25) is 9.78 Å². The number of aliphatic hydroxyl groups excluding tert-OH is 1. The van der Waals surface area contributed by atoms with Gasteiger partial charge in [0.05, 0.1) is 12.1 Å². The van der Waals surface area contributed by atoms with E-state index in [0.717, 1.165) is 11.1 Å². The summed E-state index contributed by atoms with van der Waals surface area (Å²) in [7, 11) is 0. The van der Waals surface area contributed by atoms with Crippen molar-refractivity contribution in [2.75, 3.05) is 10.7 Å². The van der Waals surface area contributed by atoms with Gasteiger partial charge in [0.2, 0.25) is 5.91 Å². The van der Waals surface area contributed by atoms with Crippen LogP contribution < -0.4 is 4.90 Å². The Kier molecular flexibility index (Phi) is 5.51. The van der Waals surface area contributed by atoms with Gasteiger partial charge >= 0.3 is 0 Å². The molecule has 5 nitrogen and oxygen atoms in total. The first-order chi connectivity index (χ1) is 14.0. The number of anilines is 1. The standard InChI is InChI=1S/C22H19FN2O3S/c23-16-3-5-17(6-4-16)25-20(15-1-7-18(26)8-2-15)21(22(25)28)29-13-19(27)14-9-11-24-12-10-14/h1-12,19-21,26-27H,13H2/t19?,20-,21-/m0/s1. The fourth-order valence-electron chi connectivity index (χ4n) is 3.39. The molecule has 3 atom stereocenters. The zero-order valence-electron chi connectivity index (χ0n) is 15.4. The summed E-state index contributed by atoms with van der Waals surface area (Å²) < 4.78 is 13.3. The third-order valence-corrected chi connectivity index (χ3v) is 6.24. The third kappa shape index (κ3) is 3.97. The Morgan fingerprint density at radius 3 is 2.34 bits per heavy atom. The van der Waals surface area contributed by atoms with Gasteiger partial charge in [-0.05, 0) is 59.7 Å². The zero-order chi connectivity index (χ0) is 20.4. The van der Waals surface area contributed by atoms with E-state index in [1.165, 1.54) is 23.9 Å². The maximum absolute atomic E-state index is 13.3. The summed E-state index contributed by atoms with van der Waals surface area (Å²) in [4.78, 5) is 18.5. The number of hydrogen-bond donors (Lipinski definition) is 2. The van der Waals surface area contributed by atoms with Gasteiger partial charge in [0.1, 0.15) is 16.8 Å². The largest absolute Gasteiger partial charge is 0.508 e. The van der Waals surface area contributed by atoms with E-state index in [1.54, 1.807) is 65.8 Å². The zero-order valence-corrected chi connectivity index (χ0v) is 16.2. The van der Waals surface area contributed by atoms with E-state index < -0.39 is 6.10 Å². The van der Waals surface area contributed by atoms with Crippen molar-refractivity contribution in [3.8, 4) is 5.75 Å². The molecule has 1 amide bonds. The summed E-state index contributed by atoms with van der Waals surface area (Å²) in [5.74, 6) is 0.0349. The van der Waals surface area contributed by atoms with Crippen molar-refractivity contribution < 1.29 is 19.4 Å². The van der Waals surface area contributed by atoms with Crippen molar-refractivity contribution in [2.45, 2.75) is 17.4 Å². The summed E-state index contributed by atoms with van der Waals surface area (Å²) in [6.07, 6.45) is 2.52. The summed E-state index contributed by atoms with van der Waals surface area (Å²) in [6.45, 7) is 0. The highest BCUT2D eigenvalue weighted by Crippen LogP contribution is 2.46. The number of nitrogens with zero attached hydrogens (tertiary/aromatic N) is 2. The van der Waals surface area contributed by atoms with Gasteiger partial charge in [-0.15, -0.1) is 11.8 Å². The van der Waals surface area contributed by atoms with Crippen molar-refractivity contribution in [2.24, 2.45) is 0 Å². The number of phenolic OH excluding ortho intramolecular Hbond substituents is 1. The predicted octanol–water partition coefficient (Wildman–Crippen LogP) is 3.85. The normalized spacial score (nSPS) is 19.7. The molecule has 1 fully saturated rings. The molecule has 7 heteroatoms. The fourth-order valence-corrected chi connectivity index (χ4v) is 4.69. The highest BCUT2D eigenvalue weighted by Gasteiger charge is 2.49. The molecule has 2 aromatic carbocycles. The number of aliphatic hydroxyl groups is 1. The van der Waals surface area contributed by atoms with Crippen LogP contribution in [0.5, 0.6) is 5.75 Å². The molecule has 1 aromatic heterocycles. The average molecular weight is 410 g/mol. The minimum absolute atomic E-state index is 0.0957. The van der Waals surface area contributed by atoms with Gasteiger partial charge < -0.3 is 15.1 Å². The second-order valence-corrected chi connectivity index (χ2v) is 7.95. The second kappa shape index (κ2) is 8.23. The number of pyridine rings is 1. The summed E-state index contributed by atoms with van der Waals surface area (Å²) in [5, 5.41) is 19.6. The van der Waals surface area contributed by atoms with Crippen LogP contribution in [0, 0.1) is 5.82 Å². The van der Waals surface area contributed by atoms with Crippen LogP contribution in [0.15, 0.2) is 73.1 Å². The van der Waals surface area contributed by atoms with Crippen LogP contribution in [0.3, 0.4) is 0 Å². The van der Waals surface area contributed by atoms with Crippen molar-refractivity contribution in [1.29, 1.82) is 0 Å². The van der Waals surface area contributed by atoms with Crippen LogP contribution in [0.25, 0.3) is 0 Å². The fraction of sp³-hybridized carbons (Fsp3) is 0.182. The van der Waals surface area contributed by atoms with Crippen molar-refractivity contribution in [1.82, 2.24) is 4.98 Å². The number of benzene rings is 2. The van der Waals surface area contributed by atoms with Crippen LogP contribution in [-0.2, 0) is 4.79 Å². The first-order valence-corrected chi connectivity index (χ1v) is 10.2. The maximum Gasteiger partial charge on any atom is 0.243 e. The van der Waals surface area contributed by atoms with Crippen molar-refractivity contribution in [3.05, 3.63) is 90.0 Å². The Balaban J connectivity index is 1.56. The van der Waals surface area contributed by atoms with E-state index in [9.17, 15) is 19.4 Å². The first-order valence-electron chi connectivity index (χ1n) is 9.12. The van der Waals surface area contributed by atoms with Crippen LogP contribution in [-0.4, -0.2) is 32.1 Å². The molecule has 0 bridgehead atoms. The van der Waals surface area contributed by atoms with Crippen LogP contribution in [0.4, 0.5) is 10.1 Å². The van der Waals surface area contributed by atoms with Crippen molar-refractivity contribution >= 4 is 23.4 Å². The molecule has 1 aliphatic rings. The lowest BCUT2D eigenvalue weighted by Crippen LogP contribution is -2.57. The highest BCUT2D eigenvalue weighted by atomic mass is 32.2. The van der Waals surface area contributed by atoms with Gasteiger partial charge in [-0.25, -0.2) is 4.39 Å². The first kappa shape index (κ1) is 19.4. The van der Waals surface area contributed by atoms with E-state index >= 15 is 0 Å². The molecule has 148 valence electrons. The molecule has 1 saturated heterocycles. The van der Waals surface area contributed by atoms with E-state index in [1.807, 2.05) is 0 Å². The van der Waals surface area contributed by atoms with Crippen LogP contribution in [0.1, 0.15) is 23.3 Å². The number of β-lactam (4-membered cyclic amide) rings is 1. The molecular formula is C22H19FN2O3S. The third-order valence-electron chi connectivity index (χ3n) is 4.91. The number of hydrogen-bond acceptors (Lipinski definition) is 5. The molecule has 3 aromatic rings. The Morgan fingerprint density at radius 2 is 1.69 bits per heavy atom. The summed E-state index contributed by atoms with van der Waals surface area (Å²) in [6, 6.07) is 15.7. The molecule has 2 N–H and O–H groups in total. The van der Waals surface area contributed by atoms with Gasteiger partial charge in [0, 0.05) is 23.8 Å². The summed E-state index contributed by atoms with van der Waals surface area (Å²) in [5.41, 5.74) is 2.22.